The average molecular weight is 506 g/mol. The Labute approximate surface area is 181 Å². The van der Waals surface area contributed by atoms with Gasteiger partial charge in [-0.25, -0.2) is 9.69 Å². The number of ether oxygens (including phenoxy) is 2. The zero-order valence-corrected chi connectivity index (χ0v) is 18.5. The van der Waals surface area contributed by atoms with Crippen LogP contribution >= 0.6 is 22.6 Å². The molecule has 8 heteroatoms. The van der Waals surface area contributed by atoms with Gasteiger partial charge >= 0.3 is 6.03 Å². The number of nitrogens with zero attached hydrogens (tertiary/aromatic N) is 1. The molecule has 0 atom stereocenters. The fraction of sp³-hybridized carbons (Fsp3) is 0.190. The van der Waals surface area contributed by atoms with Gasteiger partial charge in [0, 0.05) is 9.13 Å². The van der Waals surface area contributed by atoms with Crippen LogP contribution in [-0.4, -0.2) is 32.1 Å². The van der Waals surface area contributed by atoms with Crippen molar-refractivity contribution in [3.8, 4) is 11.5 Å². The van der Waals surface area contributed by atoms with Gasteiger partial charge in [0.15, 0.2) is 11.5 Å². The molecular weight excluding hydrogens is 487 g/mol. The molecule has 1 saturated heterocycles. The molecule has 1 heterocycles. The highest BCUT2D eigenvalue weighted by molar-refractivity contribution is 14.1. The fourth-order valence-electron chi connectivity index (χ4n) is 2.98. The third-order valence-electron chi connectivity index (χ3n) is 4.62. The van der Waals surface area contributed by atoms with Crippen LogP contribution in [0.1, 0.15) is 16.7 Å². The van der Waals surface area contributed by atoms with Gasteiger partial charge in [-0.15, -0.1) is 0 Å². The van der Waals surface area contributed by atoms with Crippen LogP contribution in [0.15, 0.2) is 35.9 Å². The molecule has 150 valence electrons. The van der Waals surface area contributed by atoms with Gasteiger partial charge < -0.3 is 9.47 Å². The number of benzene rings is 2. The summed E-state index contributed by atoms with van der Waals surface area (Å²) in [5.41, 5.74) is 2.66. The van der Waals surface area contributed by atoms with Crippen molar-refractivity contribution in [2.45, 2.75) is 13.8 Å². The van der Waals surface area contributed by atoms with Gasteiger partial charge in [0.2, 0.25) is 0 Å². The van der Waals surface area contributed by atoms with E-state index in [-0.39, 0.29) is 5.57 Å². The number of carbonyl (C=O) groups is 3. The van der Waals surface area contributed by atoms with Gasteiger partial charge in [-0.1, -0.05) is 6.07 Å². The topological polar surface area (TPSA) is 84.9 Å². The summed E-state index contributed by atoms with van der Waals surface area (Å²) in [4.78, 5) is 38.9. The minimum Gasteiger partial charge on any atom is -0.493 e. The van der Waals surface area contributed by atoms with Gasteiger partial charge in [-0.3, -0.25) is 14.9 Å². The zero-order chi connectivity index (χ0) is 21.3. The van der Waals surface area contributed by atoms with Crippen molar-refractivity contribution >= 4 is 52.2 Å². The van der Waals surface area contributed by atoms with E-state index in [0.29, 0.717) is 22.7 Å². The Morgan fingerprint density at radius 2 is 1.72 bits per heavy atom. The lowest BCUT2D eigenvalue weighted by molar-refractivity contribution is -0.122. The van der Waals surface area contributed by atoms with E-state index in [2.05, 4.69) is 27.9 Å². The van der Waals surface area contributed by atoms with Crippen LogP contribution in [0.2, 0.25) is 0 Å². The molecule has 1 aliphatic heterocycles. The van der Waals surface area contributed by atoms with E-state index in [1.807, 2.05) is 19.9 Å². The maximum Gasteiger partial charge on any atom is 0.335 e. The van der Waals surface area contributed by atoms with Crippen molar-refractivity contribution in [2.24, 2.45) is 0 Å². The molecule has 1 N–H and O–H groups in total. The summed E-state index contributed by atoms with van der Waals surface area (Å²) < 4.78 is 11.6. The molecule has 0 unspecified atom stereocenters. The molecule has 2 aromatic rings. The highest BCUT2D eigenvalue weighted by Gasteiger charge is 2.37. The van der Waals surface area contributed by atoms with E-state index in [0.717, 1.165) is 19.6 Å². The largest absolute Gasteiger partial charge is 0.493 e. The van der Waals surface area contributed by atoms with Gasteiger partial charge in [0.1, 0.15) is 5.57 Å². The standard InChI is InChI=1S/C21H19IN2O5/c1-11-5-6-15(7-12(11)2)24-20(26)16(19(25)23-21(24)27)9-13-8-14(22)10-17(28-3)18(13)29-4/h5-10H,1-4H3,(H,23,25,27)/b16-9+. The number of halogens is 1. The quantitative estimate of drug-likeness (QED) is 0.390. The Morgan fingerprint density at radius 1 is 1.00 bits per heavy atom. The first-order valence-corrected chi connectivity index (χ1v) is 9.75. The summed E-state index contributed by atoms with van der Waals surface area (Å²) in [5, 5.41) is 2.23. The van der Waals surface area contributed by atoms with Crippen LogP contribution in [0.4, 0.5) is 10.5 Å². The number of urea groups is 1. The van der Waals surface area contributed by atoms with Crippen LogP contribution in [0.3, 0.4) is 0 Å². The van der Waals surface area contributed by atoms with Crippen molar-refractivity contribution in [3.05, 3.63) is 56.2 Å². The van der Waals surface area contributed by atoms with E-state index >= 15 is 0 Å². The molecule has 0 bridgehead atoms. The Bertz CT molecular complexity index is 1060. The van der Waals surface area contributed by atoms with Gasteiger partial charge in [0.25, 0.3) is 11.8 Å². The maximum atomic E-state index is 13.1. The predicted molar refractivity (Wildman–Crippen MR) is 117 cm³/mol. The van der Waals surface area contributed by atoms with E-state index < -0.39 is 17.8 Å². The molecule has 0 aliphatic carbocycles. The van der Waals surface area contributed by atoms with E-state index in [1.54, 1.807) is 24.3 Å². The number of carbonyl (C=O) groups excluding carboxylic acids is 3. The Balaban J connectivity index is 2.11. The fourth-order valence-corrected chi connectivity index (χ4v) is 3.60. The van der Waals surface area contributed by atoms with Crippen LogP contribution in [0, 0.1) is 17.4 Å². The number of methoxy groups -OCH3 is 2. The number of amides is 4. The number of barbiturate groups is 1. The van der Waals surface area contributed by atoms with Crippen LogP contribution in [0.25, 0.3) is 6.08 Å². The first-order chi connectivity index (χ1) is 13.8. The van der Waals surface area contributed by atoms with Gasteiger partial charge in [0.05, 0.1) is 19.9 Å². The average Bonchev–Trinajstić information content (AvgIpc) is 2.67. The summed E-state index contributed by atoms with van der Waals surface area (Å²) >= 11 is 2.10. The lowest BCUT2D eigenvalue weighted by Crippen LogP contribution is -2.54. The molecular formula is C21H19IN2O5. The predicted octanol–water partition coefficient (Wildman–Crippen LogP) is 3.59. The Kier molecular flexibility index (Phi) is 5.92. The second kappa shape index (κ2) is 8.24. The minimum atomic E-state index is -0.785. The number of rotatable bonds is 4. The SMILES string of the molecule is COc1cc(I)cc(/C=C2\C(=O)NC(=O)N(c3ccc(C)c(C)c3)C2=O)c1OC. The van der Waals surface area contributed by atoms with Crippen molar-refractivity contribution in [1.82, 2.24) is 5.32 Å². The zero-order valence-electron chi connectivity index (χ0n) is 16.3. The molecule has 29 heavy (non-hydrogen) atoms. The lowest BCUT2D eigenvalue weighted by Gasteiger charge is -2.27. The highest BCUT2D eigenvalue weighted by atomic mass is 127. The number of hydrogen-bond donors (Lipinski definition) is 1. The first-order valence-electron chi connectivity index (χ1n) is 8.67. The number of anilines is 1. The molecule has 1 aliphatic rings. The molecule has 0 saturated carbocycles. The number of nitrogens with one attached hydrogen (secondary N) is 1. The molecule has 0 spiro atoms. The molecule has 0 aromatic heterocycles. The normalized spacial score (nSPS) is 15.6. The van der Waals surface area contributed by atoms with E-state index in [1.165, 1.54) is 20.3 Å². The maximum absolute atomic E-state index is 13.1. The second-order valence-electron chi connectivity index (χ2n) is 6.46. The Morgan fingerprint density at radius 3 is 2.34 bits per heavy atom. The smallest absolute Gasteiger partial charge is 0.335 e. The lowest BCUT2D eigenvalue weighted by atomic mass is 10.0. The third kappa shape index (κ3) is 3.98. The molecule has 7 nitrogen and oxygen atoms in total. The van der Waals surface area contributed by atoms with Crippen molar-refractivity contribution in [3.63, 3.8) is 0 Å². The summed E-state index contributed by atoms with van der Waals surface area (Å²) in [6, 6.07) is 7.96. The molecule has 4 amide bonds. The molecule has 0 radical (unpaired) electrons. The molecule has 3 rings (SSSR count). The summed E-state index contributed by atoms with van der Waals surface area (Å²) in [6.07, 6.45) is 1.40. The first kappa shape index (κ1) is 20.8. The van der Waals surface area contributed by atoms with Crippen molar-refractivity contribution < 1.29 is 23.9 Å². The second-order valence-corrected chi connectivity index (χ2v) is 7.70. The number of aryl methyl sites for hydroxylation is 2. The molecule has 1 fully saturated rings. The van der Waals surface area contributed by atoms with E-state index in [9.17, 15) is 14.4 Å². The number of hydrogen-bond acceptors (Lipinski definition) is 5. The summed E-state index contributed by atoms with van der Waals surface area (Å²) in [5.74, 6) is -0.616. The van der Waals surface area contributed by atoms with E-state index in [4.69, 9.17) is 9.47 Å². The van der Waals surface area contributed by atoms with Crippen LogP contribution in [0.5, 0.6) is 11.5 Å². The van der Waals surface area contributed by atoms with Gasteiger partial charge in [-0.2, -0.15) is 0 Å². The summed E-state index contributed by atoms with van der Waals surface area (Å²) in [7, 11) is 2.98. The molecule has 2 aromatic carbocycles. The third-order valence-corrected chi connectivity index (χ3v) is 5.25. The minimum absolute atomic E-state index is 0.176. The van der Waals surface area contributed by atoms with Gasteiger partial charge in [-0.05, 0) is 77.9 Å². The Hall–Kier alpha value is -2.88. The van der Waals surface area contributed by atoms with Crippen molar-refractivity contribution in [1.29, 1.82) is 0 Å². The number of imide groups is 2. The van der Waals surface area contributed by atoms with Crippen LogP contribution in [-0.2, 0) is 9.59 Å². The van der Waals surface area contributed by atoms with Crippen LogP contribution < -0.4 is 19.7 Å². The highest BCUT2D eigenvalue weighted by Crippen LogP contribution is 2.35. The monoisotopic (exact) mass is 506 g/mol. The summed E-state index contributed by atoms with van der Waals surface area (Å²) in [6.45, 7) is 3.82. The van der Waals surface area contributed by atoms with Crippen molar-refractivity contribution in [2.75, 3.05) is 19.1 Å².